The van der Waals surface area contributed by atoms with Crippen molar-refractivity contribution in [2.45, 2.75) is 40.7 Å². The predicted molar refractivity (Wildman–Crippen MR) is 49.7 cm³/mol. The second kappa shape index (κ2) is 12.7. The molecule has 0 spiro atoms. The third-order valence-electron chi connectivity index (χ3n) is 1.07. The van der Waals surface area contributed by atoms with Gasteiger partial charge in [-0.3, -0.25) is 0 Å². The fraction of sp³-hybridized carbons (Fsp3) is 0.667. The van der Waals surface area contributed by atoms with Gasteiger partial charge in [-0.15, -0.1) is 0 Å². The van der Waals surface area contributed by atoms with Crippen LogP contribution in [0.3, 0.4) is 0 Å². The number of carboxylic acids is 1. The fourth-order valence-corrected chi connectivity index (χ4v) is 0.214. The maximum absolute atomic E-state index is 10.1. The van der Waals surface area contributed by atoms with Crippen LogP contribution in [-0.2, 0) is 28.5 Å². The second-order valence-corrected chi connectivity index (χ2v) is 3.02. The van der Waals surface area contributed by atoms with E-state index in [2.05, 4.69) is 0 Å². The van der Waals surface area contributed by atoms with Crippen LogP contribution in [0.1, 0.15) is 34.6 Å². The van der Waals surface area contributed by atoms with Crippen molar-refractivity contribution in [3.05, 3.63) is 11.1 Å². The number of allylic oxidation sites excluding steroid dienone is 1. The van der Waals surface area contributed by atoms with Crippen molar-refractivity contribution in [2.24, 2.45) is 0 Å². The van der Waals surface area contributed by atoms with Crippen LogP contribution in [0.25, 0.3) is 0 Å². The summed E-state index contributed by atoms with van der Waals surface area (Å²) in [7, 11) is 0. The number of hydrogen-bond donors (Lipinski definition) is 2. The third kappa shape index (κ3) is 22.6. The molecule has 0 fully saturated rings. The number of carbonyl (C=O) groups is 1. The van der Waals surface area contributed by atoms with E-state index in [0.29, 0.717) is 5.57 Å². The molecule has 0 saturated heterocycles. The van der Waals surface area contributed by atoms with Crippen molar-refractivity contribution in [3.63, 3.8) is 0 Å². The standard InChI is InChI=1S/C6H10O2.C3H8O.O.Ti/c1-4(2)5(3)6(7)8;1-3(2)4;;/h1-3H3,(H,7,8);3-4H,1-2H3;;. The van der Waals surface area contributed by atoms with E-state index >= 15 is 0 Å². The summed E-state index contributed by atoms with van der Waals surface area (Å²) < 4.78 is 8.25. The van der Waals surface area contributed by atoms with Gasteiger partial charge in [0.25, 0.3) is 0 Å². The van der Waals surface area contributed by atoms with Gasteiger partial charge in [0, 0.05) is 11.7 Å². The van der Waals surface area contributed by atoms with E-state index in [1.165, 1.54) is 0 Å². The van der Waals surface area contributed by atoms with Gasteiger partial charge in [0.1, 0.15) is 0 Å². The molecular weight excluding hydrogens is 220 g/mol. The van der Waals surface area contributed by atoms with Gasteiger partial charge in [-0.1, -0.05) is 5.57 Å². The molecule has 0 saturated carbocycles. The number of carboxylic acid groups (broad SMARTS) is 1. The van der Waals surface area contributed by atoms with Crippen molar-refractivity contribution in [3.8, 4) is 0 Å². The summed E-state index contributed by atoms with van der Waals surface area (Å²) in [6, 6.07) is 0. The molecule has 0 unspecified atom stereocenters. The van der Waals surface area contributed by atoms with E-state index in [-0.39, 0.29) is 6.10 Å². The van der Waals surface area contributed by atoms with Crippen LogP contribution in [-0.4, -0.2) is 22.3 Å². The number of rotatable bonds is 1. The molecule has 82 valence electrons. The van der Waals surface area contributed by atoms with E-state index in [1.54, 1.807) is 34.6 Å². The summed E-state index contributed by atoms with van der Waals surface area (Å²) in [5, 5.41) is 16.4. The molecule has 0 aliphatic carbocycles. The van der Waals surface area contributed by atoms with E-state index < -0.39 is 5.97 Å². The molecule has 0 bridgehead atoms. The second-order valence-electron chi connectivity index (χ2n) is 3.02. The first-order valence-corrected chi connectivity index (χ1v) is 4.68. The van der Waals surface area contributed by atoms with E-state index in [9.17, 15) is 4.79 Å². The van der Waals surface area contributed by atoms with Gasteiger partial charge < -0.3 is 10.2 Å². The Bertz CT molecular complexity index is 180. The van der Waals surface area contributed by atoms with Crippen molar-refractivity contribution in [1.82, 2.24) is 0 Å². The fourth-order valence-electron chi connectivity index (χ4n) is 0.214. The molecule has 0 amide bonds. The Kier molecular flexibility index (Phi) is 17.5. The van der Waals surface area contributed by atoms with Crippen LogP contribution in [0.4, 0.5) is 0 Å². The first-order valence-electron chi connectivity index (χ1n) is 4.04. The van der Waals surface area contributed by atoms with Gasteiger partial charge in [0.05, 0.1) is 0 Å². The number of aliphatic hydroxyl groups excluding tert-OH is 1. The Morgan fingerprint density at radius 1 is 1.14 bits per heavy atom. The molecule has 2 N–H and O–H groups in total. The first kappa shape index (κ1) is 19.3. The molecule has 0 aliphatic rings. The third-order valence-corrected chi connectivity index (χ3v) is 1.07. The number of aliphatic hydroxyl groups is 1. The Morgan fingerprint density at radius 2 is 1.36 bits per heavy atom. The van der Waals surface area contributed by atoms with Gasteiger partial charge >= 0.3 is 29.7 Å². The summed E-state index contributed by atoms with van der Waals surface area (Å²) in [4.78, 5) is 10.1. The van der Waals surface area contributed by atoms with Crippen molar-refractivity contribution >= 4 is 5.97 Å². The number of aliphatic carboxylic acids is 1. The molecule has 4 nitrogen and oxygen atoms in total. The van der Waals surface area contributed by atoms with Crippen molar-refractivity contribution in [2.75, 3.05) is 0 Å². The van der Waals surface area contributed by atoms with Crippen molar-refractivity contribution < 1.29 is 38.7 Å². The molecule has 0 aromatic heterocycles. The van der Waals surface area contributed by atoms with Crippen molar-refractivity contribution in [1.29, 1.82) is 0 Å². The Labute approximate surface area is 96.7 Å². The van der Waals surface area contributed by atoms with Crippen LogP contribution in [0, 0.1) is 0 Å². The normalized spacial score (nSPS) is 7.57. The Morgan fingerprint density at radius 3 is 1.36 bits per heavy atom. The molecule has 5 heteroatoms. The average molecular weight is 238 g/mol. The Balaban J connectivity index is -0.000000170. The zero-order valence-electron chi connectivity index (χ0n) is 9.29. The van der Waals surface area contributed by atoms with Gasteiger partial charge in [-0.05, 0) is 34.6 Å². The SMILES string of the molecule is CC(C)=C(C)C(=O)O.CC(C)O.[O]=[Ti]. The average Bonchev–Trinajstić information content (AvgIpc) is 2.05. The zero-order valence-corrected chi connectivity index (χ0v) is 10.8. The first-order chi connectivity index (χ1) is 6.29. The molecule has 0 atom stereocenters. The molecule has 0 rings (SSSR count). The molecule has 0 aromatic rings. The van der Waals surface area contributed by atoms with Crippen LogP contribution < -0.4 is 0 Å². The number of hydrogen-bond acceptors (Lipinski definition) is 3. The predicted octanol–water partition coefficient (Wildman–Crippen LogP) is 1.69. The summed E-state index contributed by atoms with van der Waals surface area (Å²) in [5.74, 6) is -0.829. The van der Waals surface area contributed by atoms with Gasteiger partial charge in [-0.2, -0.15) is 0 Å². The van der Waals surface area contributed by atoms with Crippen LogP contribution >= 0.6 is 0 Å². The topological polar surface area (TPSA) is 74.6 Å². The summed E-state index contributed by atoms with van der Waals surface area (Å²) >= 11 is 0.750. The molecule has 0 radical (unpaired) electrons. The molecule has 14 heavy (non-hydrogen) atoms. The molecular formula is C9H18O4Ti. The van der Waals surface area contributed by atoms with E-state index in [1.807, 2.05) is 0 Å². The van der Waals surface area contributed by atoms with Gasteiger partial charge in [-0.25, -0.2) is 4.79 Å². The maximum atomic E-state index is 10.1. The van der Waals surface area contributed by atoms with E-state index in [0.717, 1.165) is 26.0 Å². The molecule has 0 aliphatic heterocycles. The van der Waals surface area contributed by atoms with Crippen LogP contribution in [0.2, 0.25) is 0 Å². The summed E-state index contributed by atoms with van der Waals surface area (Å²) in [6.07, 6.45) is -0.167. The van der Waals surface area contributed by atoms with Crippen LogP contribution in [0.15, 0.2) is 11.1 Å². The summed E-state index contributed by atoms with van der Waals surface area (Å²) in [6.45, 7) is 8.60. The van der Waals surface area contributed by atoms with Crippen LogP contribution in [0.5, 0.6) is 0 Å². The Hall–Kier alpha value is -0.316. The van der Waals surface area contributed by atoms with E-state index in [4.69, 9.17) is 13.5 Å². The summed E-state index contributed by atoms with van der Waals surface area (Å²) in [5.41, 5.74) is 1.29. The quantitative estimate of drug-likeness (QED) is 0.538. The zero-order chi connectivity index (χ0) is 12.3. The molecule has 0 heterocycles. The monoisotopic (exact) mass is 238 g/mol. The molecule has 0 aromatic carbocycles. The minimum absolute atomic E-state index is 0.167. The minimum atomic E-state index is -0.829. The van der Waals surface area contributed by atoms with Gasteiger partial charge in [0.15, 0.2) is 0 Å². The van der Waals surface area contributed by atoms with Gasteiger partial charge in [0.2, 0.25) is 0 Å².